The highest BCUT2D eigenvalue weighted by Crippen LogP contribution is 2.12. The van der Waals surface area contributed by atoms with Crippen molar-refractivity contribution < 1.29 is 4.74 Å². The van der Waals surface area contributed by atoms with Crippen molar-refractivity contribution in [1.29, 1.82) is 0 Å². The first kappa shape index (κ1) is 17.9. The average molecular weight is 272 g/mol. The monoisotopic (exact) mass is 272 g/mol. The van der Waals surface area contributed by atoms with Gasteiger partial charge in [0.25, 0.3) is 0 Å². The van der Waals surface area contributed by atoms with E-state index in [1.807, 2.05) is 6.92 Å². The van der Waals surface area contributed by atoms with Gasteiger partial charge >= 0.3 is 0 Å². The molecule has 0 amide bonds. The lowest BCUT2D eigenvalue weighted by atomic mass is 10.0. The quantitative estimate of drug-likeness (QED) is 0.323. The Kier molecular flexibility index (Phi) is 13.2. The van der Waals surface area contributed by atoms with Gasteiger partial charge in [0, 0.05) is 6.42 Å². The molecule has 2 heteroatoms. The minimum absolute atomic E-state index is 0.764. The lowest BCUT2D eigenvalue weighted by molar-refractivity contribution is 0.293. The molecule has 0 heterocycles. The van der Waals surface area contributed by atoms with Crippen LogP contribution >= 0.6 is 12.2 Å². The molecule has 108 valence electrons. The highest BCUT2D eigenvalue weighted by atomic mass is 32.1. The SMILES string of the molecule is CCC(=S)OCCCCCCCCCCC(C)C. The maximum atomic E-state index is 5.40. The highest BCUT2D eigenvalue weighted by molar-refractivity contribution is 7.80. The molecule has 0 fully saturated rings. The van der Waals surface area contributed by atoms with Gasteiger partial charge in [-0.1, -0.05) is 72.1 Å². The second kappa shape index (κ2) is 13.3. The summed E-state index contributed by atoms with van der Waals surface area (Å²) in [6, 6.07) is 0. The van der Waals surface area contributed by atoms with Crippen molar-refractivity contribution in [2.45, 2.75) is 85.0 Å². The van der Waals surface area contributed by atoms with Crippen molar-refractivity contribution in [2.24, 2.45) is 5.92 Å². The van der Waals surface area contributed by atoms with Crippen LogP contribution in [-0.4, -0.2) is 11.7 Å². The van der Waals surface area contributed by atoms with E-state index in [2.05, 4.69) is 13.8 Å². The van der Waals surface area contributed by atoms with Crippen LogP contribution in [0.3, 0.4) is 0 Å². The molecule has 0 radical (unpaired) electrons. The Labute approximate surface area is 120 Å². The molecule has 0 unspecified atom stereocenters. The van der Waals surface area contributed by atoms with E-state index in [1.165, 1.54) is 51.4 Å². The maximum absolute atomic E-state index is 5.40. The topological polar surface area (TPSA) is 9.23 Å². The van der Waals surface area contributed by atoms with Crippen LogP contribution in [0.5, 0.6) is 0 Å². The van der Waals surface area contributed by atoms with Crippen LogP contribution in [0.2, 0.25) is 0 Å². The van der Waals surface area contributed by atoms with E-state index in [9.17, 15) is 0 Å². The highest BCUT2D eigenvalue weighted by Gasteiger charge is 1.96. The molecule has 0 aliphatic rings. The summed E-state index contributed by atoms with van der Waals surface area (Å²) in [5, 5.41) is 0.764. The second-order valence-electron chi connectivity index (χ2n) is 5.58. The lowest BCUT2D eigenvalue weighted by Crippen LogP contribution is -2.01. The molecule has 0 rings (SSSR count). The van der Waals surface area contributed by atoms with E-state index < -0.39 is 0 Å². The van der Waals surface area contributed by atoms with Crippen molar-refractivity contribution in [3.63, 3.8) is 0 Å². The van der Waals surface area contributed by atoms with Crippen LogP contribution in [0, 0.1) is 5.92 Å². The Balaban J connectivity index is 3.01. The Morgan fingerprint density at radius 2 is 1.39 bits per heavy atom. The van der Waals surface area contributed by atoms with E-state index >= 15 is 0 Å². The molecule has 0 aromatic heterocycles. The number of thiocarbonyl (C=S) groups is 1. The molecule has 0 bridgehead atoms. The van der Waals surface area contributed by atoms with Gasteiger partial charge in [-0.3, -0.25) is 0 Å². The Bertz CT molecular complexity index is 190. The number of unbranched alkanes of at least 4 members (excludes halogenated alkanes) is 7. The van der Waals surface area contributed by atoms with E-state index in [-0.39, 0.29) is 0 Å². The molecule has 0 aliphatic heterocycles. The molecule has 0 atom stereocenters. The largest absolute Gasteiger partial charge is 0.487 e. The summed E-state index contributed by atoms with van der Waals surface area (Å²) in [6.45, 7) is 7.49. The number of hydrogen-bond donors (Lipinski definition) is 0. The predicted molar refractivity (Wildman–Crippen MR) is 85.2 cm³/mol. The van der Waals surface area contributed by atoms with Crippen molar-refractivity contribution in [1.82, 2.24) is 0 Å². The summed E-state index contributed by atoms with van der Waals surface area (Å²) in [5.74, 6) is 0.874. The van der Waals surface area contributed by atoms with Crippen LogP contribution in [0.4, 0.5) is 0 Å². The van der Waals surface area contributed by atoms with Gasteiger partial charge in [-0.25, -0.2) is 0 Å². The molecule has 0 saturated carbocycles. The van der Waals surface area contributed by atoms with Crippen LogP contribution in [-0.2, 0) is 4.74 Å². The summed E-state index contributed by atoms with van der Waals surface area (Å²) in [4.78, 5) is 0. The van der Waals surface area contributed by atoms with E-state index in [0.717, 1.165) is 30.4 Å². The lowest BCUT2D eigenvalue weighted by Gasteiger charge is -2.06. The Morgan fingerprint density at radius 1 is 0.889 bits per heavy atom. The number of hydrogen-bond acceptors (Lipinski definition) is 2. The summed E-state index contributed by atoms with van der Waals surface area (Å²) in [7, 11) is 0. The minimum atomic E-state index is 0.764. The van der Waals surface area contributed by atoms with Crippen LogP contribution in [0.15, 0.2) is 0 Å². The van der Waals surface area contributed by atoms with Gasteiger partial charge in [0.1, 0.15) is 0 Å². The summed E-state index contributed by atoms with van der Waals surface area (Å²) in [5.41, 5.74) is 0. The zero-order valence-corrected chi connectivity index (χ0v) is 13.5. The third kappa shape index (κ3) is 14.0. The van der Waals surface area contributed by atoms with Gasteiger partial charge in [-0.2, -0.15) is 0 Å². The molecule has 1 nitrogen and oxygen atoms in total. The smallest absolute Gasteiger partial charge is 0.159 e. The minimum Gasteiger partial charge on any atom is -0.487 e. The van der Waals surface area contributed by atoms with Gasteiger partial charge in [-0.05, 0) is 24.6 Å². The van der Waals surface area contributed by atoms with Crippen LogP contribution in [0.1, 0.15) is 85.0 Å². The predicted octanol–water partition coefficient (Wildman–Crippen LogP) is 5.91. The molecule has 0 saturated heterocycles. The average Bonchev–Trinajstić information content (AvgIpc) is 2.35. The van der Waals surface area contributed by atoms with Crippen molar-refractivity contribution in [3.8, 4) is 0 Å². The van der Waals surface area contributed by atoms with E-state index in [4.69, 9.17) is 17.0 Å². The molecule has 0 aliphatic carbocycles. The number of ether oxygens (including phenoxy) is 1. The summed E-state index contributed by atoms with van der Waals surface area (Å²) in [6.07, 6.45) is 13.1. The first-order valence-electron chi connectivity index (χ1n) is 7.82. The zero-order chi connectivity index (χ0) is 13.6. The van der Waals surface area contributed by atoms with Crippen LogP contribution < -0.4 is 0 Å². The Hall–Kier alpha value is -0.110. The van der Waals surface area contributed by atoms with Crippen molar-refractivity contribution >= 4 is 17.3 Å². The fourth-order valence-corrected chi connectivity index (χ4v) is 2.09. The molecule has 0 spiro atoms. The molecule has 0 N–H and O–H groups in total. The first-order chi connectivity index (χ1) is 8.66. The van der Waals surface area contributed by atoms with Gasteiger partial charge in [0.15, 0.2) is 5.05 Å². The fourth-order valence-electron chi connectivity index (χ4n) is 2.00. The van der Waals surface area contributed by atoms with Crippen molar-refractivity contribution in [3.05, 3.63) is 0 Å². The van der Waals surface area contributed by atoms with Gasteiger partial charge < -0.3 is 4.74 Å². The normalized spacial score (nSPS) is 10.9. The summed E-state index contributed by atoms with van der Waals surface area (Å²) < 4.78 is 5.40. The van der Waals surface area contributed by atoms with E-state index in [1.54, 1.807) is 0 Å². The van der Waals surface area contributed by atoms with Gasteiger partial charge in [-0.15, -0.1) is 0 Å². The first-order valence-corrected chi connectivity index (χ1v) is 8.23. The molecular weight excluding hydrogens is 240 g/mol. The standard InChI is InChI=1S/C16H32OS/c1-4-16(18)17-14-12-10-8-6-5-7-9-11-13-15(2)3/h15H,4-14H2,1-3H3. The van der Waals surface area contributed by atoms with E-state index in [0.29, 0.717) is 0 Å². The third-order valence-electron chi connectivity index (χ3n) is 3.23. The van der Waals surface area contributed by atoms with Crippen molar-refractivity contribution in [2.75, 3.05) is 6.61 Å². The fraction of sp³-hybridized carbons (Fsp3) is 0.938. The maximum Gasteiger partial charge on any atom is 0.159 e. The van der Waals surface area contributed by atoms with Gasteiger partial charge in [0.05, 0.1) is 6.61 Å². The molecule has 0 aromatic rings. The zero-order valence-electron chi connectivity index (χ0n) is 12.7. The second-order valence-corrected chi connectivity index (χ2v) is 6.04. The van der Waals surface area contributed by atoms with Crippen LogP contribution in [0.25, 0.3) is 0 Å². The van der Waals surface area contributed by atoms with Gasteiger partial charge in [0.2, 0.25) is 0 Å². The Morgan fingerprint density at radius 3 is 1.89 bits per heavy atom. The third-order valence-corrected chi connectivity index (χ3v) is 3.63. The molecular formula is C16H32OS. The molecule has 0 aromatic carbocycles. The molecule has 18 heavy (non-hydrogen) atoms. The summed E-state index contributed by atoms with van der Waals surface area (Å²) >= 11 is 5.01. The number of rotatable bonds is 12.